The normalized spacial score (nSPS) is 24.3. The van der Waals surface area contributed by atoms with Gasteiger partial charge in [-0.2, -0.15) is 0 Å². The number of hydrogen-bond acceptors (Lipinski definition) is 8. The molecule has 0 unspecified atom stereocenters. The first-order chi connectivity index (χ1) is 14.5. The summed E-state index contributed by atoms with van der Waals surface area (Å²) in [6, 6.07) is 8.27. The van der Waals surface area contributed by atoms with Crippen molar-refractivity contribution in [3.63, 3.8) is 0 Å². The van der Waals surface area contributed by atoms with Crippen LogP contribution in [0.15, 0.2) is 41.6 Å². The van der Waals surface area contributed by atoms with Crippen LogP contribution in [0.1, 0.15) is 41.0 Å². The van der Waals surface area contributed by atoms with Crippen LogP contribution >= 0.6 is 22.9 Å². The summed E-state index contributed by atoms with van der Waals surface area (Å²) in [5.74, 6) is -0.450. The average molecular weight is 480 g/mol. The fraction of sp³-hybridized carbons (Fsp3) is 0.350. The number of halogens is 1. The van der Waals surface area contributed by atoms with Gasteiger partial charge in [-0.1, -0.05) is 11.6 Å². The van der Waals surface area contributed by atoms with Crippen LogP contribution in [-0.2, 0) is 15.4 Å². The zero-order chi connectivity index (χ0) is 22.4. The van der Waals surface area contributed by atoms with Crippen LogP contribution in [0.25, 0.3) is 10.2 Å². The maximum atomic E-state index is 12.7. The Bertz CT molecular complexity index is 1270. The number of hydrogen-bond donors (Lipinski definition) is 3. The van der Waals surface area contributed by atoms with Gasteiger partial charge >= 0.3 is 0 Å². The quantitative estimate of drug-likeness (QED) is 0.488. The van der Waals surface area contributed by atoms with Crippen LogP contribution in [-0.4, -0.2) is 36.2 Å². The molecule has 164 valence electrons. The third kappa shape index (κ3) is 4.58. The SMILES string of the molecule is CS(=O)(=O)c1cc(C(=O)NC2(N)CCC(N)(c3nc4cc(Cl)ccc4s3)CC2)ccn1. The number of rotatable bonds is 4. The second-order valence-electron chi connectivity index (χ2n) is 8.05. The third-order valence-electron chi connectivity index (χ3n) is 5.55. The number of amides is 1. The van der Waals surface area contributed by atoms with Crippen LogP contribution in [0, 0.1) is 0 Å². The molecular formula is C20H22ClN5O3S2. The molecule has 0 atom stereocenters. The molecule has 1 aliphatic rings. The summed E-state index contributed by atoms with van der Waals surface area (Å²) in [5, 5.41) is 4.13. The van der Waals surface area contributed by atoms with E-state index in [4.69, 9.17) is 23.1 Å². The van der Waals surface area contributed by atoms with Crippen molar-refractivity contribution in [1.29, 1.82) is 0 Å². The third-order valence-corrected chi connectivity index (χ3v) is 8.02. The molecule has 4 rings (SSSR count). The van der Waals surface area contributed by atoms with Crippen LogP contribution in [0.3, 0.4) is 0 Å². The first-order valence-corrected chi connectivity index (χ1v) is 12.7. The molecule has 11 heteroatoms. The summed E-state index contributed by atoms with van der Waals surface area (Å²) in [6.45, 7) is 0. The van der Waals surface area contributed by atoms with Gasteiger partial charge in [0.1, 0.15) is 5.01 Å². The van der Waals surface area contributed by atoms with E-state index in [0.717, 1.165) is 21.5 Å². The van der Waals surface area contributed by atoms with Crippen LogP contribution in [0.4, 0.5) is 0 Å². The van der Waals surface area contributed by atoms with Gasteiger partial charge in [0, 0.05) is 23.0 Å². The first-order valence-electron chi connectivity index (χ1n) is 9.61. The minimum atomic E-state index is -3.52. The summed E-state index contributed by atoms with van der Waals surface area (Å²) < 4.78 is 24.4. The second-order valence-corrected chi connectivity index (χ2v) is 11.5. The minimum absolute atomic E-state index is 0.160. The number of nitrogens with one attached hydrogen (secondary N) is 1. The highest BCUT2D eigenvalue weighted by Crippen LogP contribution is 2.41. The largest absolute Gasteiger partial charge is 0.334 e. The Morgan fingerprint density at radius 3 is 2.55 bits per heavy atom. The Hall–Kier alpha value is -2.11. The van der Waals surface area contributed by atoms with E-state index < -0.39 is 26.9 Å². The number of sulfone groups is 1. The first kappa shape index (κ1) is 22.1. The summed E-state index contributed by atoms with van der Waals surface area (Å²) in [4.78, 5) is 21.2. The molecule has 5 N–H and O–H groups in total. The molecule has 1 aromatic carbocycles. The number of benzene rings is 1. The van der Waals surface area contributed by atoms with Crippen molar-refractivity contribution in [2.24, 2.45) is 11.5 Å². The standard InChI is InChI=1S/C20H22ClN5O3S2/c1-31(28,29)16-10-12(4-9-24-16)17(27)26-20(23)7-5-19(22,6-8-20)18-25-14-11-13(21)2-3-15(14)30-18/h2-4,9-11H,5-8,22-23H2,1H3,(H,26,27). The lowest BCUT2D eigenvalue weighted by atomic mass is 9.77. The fourth-order valence-corrected chi connectivity index (χ4v) is 5.51. The van der Waals surface area contributed by atoms with E-state index in [0.29, 0.717) is 30.7 Å². The lowest BCUT2D eigenvalue weighted by Gasteiger charge is -2.42. The Morgan fingerprint density at radius 2 is 1.87 bits per heavy atom. The maximum absolute atomic E-state index is 12.7. The van der Waals surface area contributed by atoms with Gasteiger partial charge in [0.15, 0.2) is 14.9 Å². The van der Waals surface area contributed by atoms with Crippen molar-refractivity contribution in [3.8, 4) is 0 Å². The lowest BCUT2D eigenvalue weighted by Crippen LogP contribution is -2.60. The van der Waals surface area contributed by atoms with Crippen molar-refractivity contribution in [3.05, 3.63) is 52.1 Å². The Morgan fingerprint density at radius 1 is 1.16 bits per heavy atom. The molecule has 0 aliphatic heterocycles. The van der Waals surface area contributed by atoms with Gasteiger partial charge in [0.05, 0.1) is 21.4 Å². The van der Waals surface area contributed by atoms with Crippen LogP contribution in [0.2, 0.25) is 5.02 Å². The summed E-state index contributed by atoms with van der Waals surface area (Å²) in [5.41, 5.74) is 12.6. The highest BCUT2D eigenvalue weighted by atomic mass is 35.5. The van der Waals surface area contributed by atoms with Gasteiger partial charge < -0.3 is 16.8 Å². The number of pyridine rings is 1. The highest BCUT2D eigenvalue weighted by molar-refractivity contribution is 7.90. The molecule has 1 aliphatic carbocycles. The van der Waals surface area contributed by atoms with Gasteiger partial charge in [0.2, 0.25) is 0 Å². The van der Waals surface area contributed by atoms with E-state index in [1.165, 1.54) is 29.7 Å². The number of carbonyl (C=O) groups excluding carboxylic acids is 1. The predicted molar refractivity (Wildman–Crippen MR) is 121 cm³/mol. The Kier molecular flexibility index (Phi) is 5.55. The van der Waals surface area contributed by atoms with Crippen molar-refractivity contribution < 1.29 is 13.2 Å². The average Bonchev–Trinajstić information content (AvgIpc) is 3.14. The Labute approximate surface area is 188 Å². The number of fused-ring (bicyclic) bond motifs is 1. The molecule has 0 radical (unpaired) electrons. The van der Waals surface area contributed by atoms with E-state index in [2.05, 4.69) is 15.3 Å². The topological polar surface area (TPSA) is 141 Å². The molecule has 0 bridgehead atoms. The molecular weight excluding hydrogens is 458 g/mol. The second kappa shape index (κ2) is 7.79. The molecule has 0 saturated heterocycles. The monoisotopic (exact) mass is 479 g/mol. The van der Waals surface area contributed by atoms with E-state index in [9.17, 15) is 13.2 Å². The van der Waals surface area contributed by atoms with Crippen molar-refractivity contribution in [2.45, 2.75) is 41.9 Å². The van der Waals surface area contributed by atoms with Crippen molar-refractivity contribution in [1.82, 2.24) is 15.3 Å². The van der Waals surface area contributed by atoms with E-state index >= 15 is 0 Å². The van der Waals surface area contributed by atoms with Gasteiger partial charge in [-0.15, -0.1) is 11.3 Å². The van der Waals surface area contributed by atoms with Gasteiger partial charge in [0.25, 0.3) is 5.91 Å². The molecule has 31 heavy (non-hydrogen) atoms. The smallest absolute Gasteiger partial charge is 0.252 e. The van der Waals surface area contributed by atoms with E-state index in [1.54, 1.807) is 0 Å². The number of thiazole rings is 1. The Balaban J connectivity index is 1.48. The number of aromatic nitrogens is 2. The molecule has 3 aromatic rings. The van der Waals surface area contributed by atoms with Gasteiger partial charge in [-0.3, -0.25) is 4.79 Å². The number of nitrogens with zero attached hydrogens (tertiary/aromatic N) is 2. The van der Waals surface area contributed by atoms with Crippen LogP contribution in [0.5, 0.6) is 0 Å². The van der Waals surface area contributed by atoms with Gasteiger partial charge in [-0.25, -0.2) is 18.4 Å². The highest BCUT2D eigenvalue weighted by Gasteiger charge is 2.42. The predicted octanol–water partition coefficient (Wildman–Crippen LogP) is 2.56. The molecule has 1 saturated carbocycles. The fourth-order valence-electron chi connectivity index (χ4n) is 3.65. The van der Waals surface area contributed by atoms with Gasteiger partial charge in [-0.05, 0) is 56.0 Å². The zero-order valence-electron chi connectivity index (χ0n) is 16.8. The summed E-state index contributed by atoms with van der Waals surface area (Å²) >= 11 is 7.60. The zero-order valence-corrected chi connectivity index (χ0v) is 19.1. The minimum Gasteiger partial charge on any atom is -0.334 e. The lowest BCUT2D eigenvalue weighted by molar-refractivity contribution is 0.0840. The molecule has 2 aromatic heterocycles. The van der Waals surface area contributed by atoms with E-state index in [1.807, 2.05) is 18.2 Å². The molecule has 1 fully saturated rings. The molecule has 2 heterocycles. The molecule has 8 nitrogen and oxygen atoms in total. The van der Waals surface area contributed by atoms with Crippen molar-refractivity contribution in [2.75, 3.05) is 6.26 Å². The summed E-state index contributed by atoms with van der Waals surface area (Å²) in [7, 11) is -3.52. The molecule has 0 spiro atoms. The molecule has 1 amide bonds. The number of carbonyl (C=O) groups is 1. The maximum Gasteiger partial charge on any atom is 0.252 e. The number of nitrogens with two attached hydrogens (primary N) is 2. The van der Waals surface area contributed by atoms with Crippen molar-refractivity contribution >= 4 is 48.9 Å². The van der Waals surface area contributed by atoms with E-state index in [-0.39, 0.29) is 10.6 Å². The summed E-state index contributed by atoms with van der Waals surface area (Å²) in [6.07, 6.45) is 4.33. The van der Waals surface area contributed by atoms with Crippen LogP contribution < -0.4 is 16.8 Å².